The number of nitrogens with zero attached hydrogens (tertiary/aromatic N) is 3. The standard InChI is InChI=1S/C18H22N4O/c1-12-4-6-15(7-5-12)11-22-9-8-16(18(22)23)19-17-10-13(2)14(3)20-21-17/h4-7,10,16H,8-9,11H2,1-3H3,(H,19,21). The van der Waals surface area contributed by atoms with E-state index in [9.17, 15) is 4.79 Å². The van der Waals surface area contributed by atoms with Crippen LogP contribution in [0.1, 0.15) is 28.8 Å². The monoisotopic (exact) mass is 310 g/mol. The van der Waals surface area contributed by atoms with E-state index < -0.39 is 0 Å². The molecule has 2 aromatic rings. The van der Waals surface area contributed by atoms with Crippen LogP contribution in [0, 0.1) is 20.8 Å². The van der Waals surface area contributed by atoms with Crippen LogP contribution in [0.5, 0.6) is 0 Å². The molecule has 1 aliphatic rings. The lowest BCUT2D eigenvalue weighted by Crippen LogP contribution is -2.33. The SMILES string of the molecule is Cc1ccc(CN2CCC(Nc3cc(C)c(C)nn3)C2=O)cc1. The minimum absolute atomic E-state index is 0.130. The van der Waals surface area contributed by atoms with Gasteiger partial charge in [0.15, 0.2) is 0 Å². The fourth-order valence-electron chi connectivity index (χ4n) is 2.74. The minimum Gasteiger partial charge on any atom is -0.357 e. The molecule has 1 amide bonds. The lowest BCUT2D eigenvalue weighted by molar-refractivity contribution is -0.128. The highest BCUT2D eigenvalue weighted by Gasteiger charge is 2.31. The minimum atomic E-state index is -0.211. The summed E-state index contributed by atoms with van der Waals surface area (Å²) in [7, 11) is 0. The van der Waals surface area contributed by atoms with E-state index >= 15 is 0 Å². The van der Waals surface area contributed by atoms with Crippen molar-refractivity contribution in [2.24, 2.45) is 0 Å². The molecule has 1 aromatic heterocycles. The van der Waals surface area contributed by atoms with Crippen LogP contribution in [0.3, 0.4) is 0 Å². The van der Waals surface area contributed by atoms with Crippen molar-refractivity contribution in [2.75, 3.05) is 11.9 Å². The summed E-state index contributed by atoms with van der Waals surface area (Å²) in [5.41, 5.74) is 4.38. The van der Waals surface area contributed by atoms with Crippen molar-refractivity contribution in [3.05, 3.63) is 52.7 Å². The Hall–Kier alpha value is -2.43. The number of aryl methyl sites for hydroxylation is 3. The maximum atomic E-state index is 12.5. The van der Waals surface area contributed by atoms with Crippen LogP contribution in [-0.4, -0.2) is 33.6 Å². The highest BCUT2D eigenvalue weighted by Crippen LogP contribution is 2.19. The summed E-state index contributed by atoms with van der Waals surface area (Å²) in [4.78, 5) is 14.4. The fraction of sp³-hybridized carbons (Fsp3) is 0.389. The van der Waals surface area contributed by atoms with E-state index in [-0.39, 0.29) is 11.9 Å². The highest BCUT2D eigenvalue weighted by atomic mass is 16.2. The van der Waals surface area contributed by atoms with Crippen LogP contribution in [0.4, 0.5) is 5.82 Å². The molecule has 3 rings (SSSR count). The van der Waals surface area contributed by atoms with Crippen LogP contribution in [0.25, 0.3) is 0 Å². The number of anilines is 1. The van der Waals surface area contributed by atoms with E-state index in [2.05, 4.69) is 46.7 Å². The molecule has 5 heteroatoms. The number of carbonyl (C=O) groups excluding carboxylic acids is 1. The zero-order valence-corrected chi connectivity index (χ0v) is 13.8. The molecule has 23 heavy (non-hydrogen) atoms. The summed E-state index contributed by atoms with van der Waals surface area (Å²) in [6.07, 6.45) is 0.791. The molecule has 0 radical (unpaired) electrons. The van der Waals surface area contributed by atoms with Crippen molar-refractivity contribution in [3.8, 4) is 0 Å². The molecule has 1 atom stereocenters. The Morgan fingerprint density at radius 3 is 2.61 bits per heavy atom. The van der Waals surface area contributed by atoms with Gasteiger partial charge in [-0.05, 0) is 44.4 Å². The summed E-state index contributed by atoms with van der Waals surface area (Å²) in [5.74, 6) is 0.800. The van der Waals surface area contributed by atoms with Gasteiger partial charge in [0.25, 0.3) is 0 Å². The molecule has 120 valence electrons. The third-order valence-electron chi connectivity index (χ3n) is 4.35. The van der Waals surface area contributed by atoms with Gasteiger partial charge >= 0.3 is 0 Å². The van der Waals surface area contributed by atoms with E-state index in [0.717, 1.165) is 29.8 Å². The Bertz CT molecular complexity index is 711. The number of benzene rings is 1. The van der Waals surface area contributed by atoms with Crippen molar-refractivity contribution in [2.45, 2.75) is 39.8 Å². The van der Waals surface area contributed by atoms with Crippen molar-refractivity contribution >= 4 is 11.7 Å². The maximum absolute atomic E-state index is 12.5. The van der Waals surface area contributed by atoms with E-state index in [0.29, 0.717) is 12.4 Å². The number of likely N-dealkylation sites (tertiary alicyclic amines) is 1. The maximum Gasteiger partial charge on any atom is 0.245 e. The molecule has 1 unspecified atom stereocenters. The lowest BCUT2D eigenvalue weighted by atomic mass is 10.1. The van der Waals surface area contributed by atoms with Gasteiger partial charge in [0.05, 0.1) is 5.69 Å². The quantitative estimate of drug-likeness (QED) is 0.943. The summed E-state index contributed by atoms with van der Waals surface area (Å²) >= 11 is 0. The van der Waals surface area contributed by atoms with Gasteiger partial charge in [0, 0.05) is 13.1 Å². The molecule has 1 saturated heterocycles. The van der Waals surface area contributed by atoms with Gasteiger partial charge < -0.3 is 10.2 Å². The molecular formula is C18H22N4O. The van der Waals surface area contributed by atoms with Crippen molar-refractivity contribution in [1.82, 2.24) is 15.1 Å². The van der Waals surface area contributed by atoms with Crippen molar-refractivity contribution < 1.29 is 4.79 Å². The molecule has 1 N–H and O–H groups in total. The Balaban J connectivity index is 1.64. The largest absolute Gasteiger partial charge is 0.357 e. The molecule has 0 spiro atoms. The first-order chi connectivity index (χ1) is 11.0. The molecule has 2 heterocycles. The number of amides is 1. The zero-order chi connectivity index (χ0) is 16.4. The van der Waals surface area contributed by atoms with Crippen LogP contribution in [0.2, 0.25) is 0 Å². The van der Waals surface area contributed by atoms with Crippen LogP contribution >= 0.6 is 0 Å². The Kier molecular flexibility index (Phi) is 4.28. The molecule has 1 fully saturated rings. The van der Waals surface area contributed by atoms with E-state index in [1.54, 1.807) is 0 Å². The first kappa shape index (κ1) is 15.5. The number of aromatic nitrogens is 2. The Labute approximate surface area is 136 Å². The third kappa shape index (κ3) is 3.50. The molecule has 1 aliphatic heterocycles. The first-order valence-electron chi connectivity index (χ1n) is 7.95. The number of hydrogen-bond acceptors (Lipinski definition) is 4. The summed E-state index contributed by atoms with van der Waals surface area (Å²) in [6.45, 7) is 7.42. The van der Waals surface area contributed by atoms with Crippen LogP contribution < -0.4 is 5.32 Å². The lowest BCUT2D eigenvalue weighted by Gasteiger charge is -2.17. The van der Waals surface area contributed by atoms with Gasteiger partial charge in [0.1, 0.15) is 11.9 Å². The van der Waals surface area contributed by atoms with E-state index in [1.165, 1.54) is 5.56 Å². The van der Waals surface area contributed by atoms with E-state index in [1.807, 2.05) is 24.8 Å². The van der Waals surface area contributed by atoms with Gasteiger partial charge in [0.2, 0.25) is 5.91 Å². The Morgan fingerprint density at radius 2 is 1.91 bits per heavy atom. The molecule has 5 nitrogen and oxygen atoms in total. The predicted molar refractivity (Wildman–Crippen MR) is 90.1 cm³/mol. The van der Waals surface area contributed by atoms with Crippen LogP contribution in [-0.2, 0) is 11.3 Å². The normalized spacial score (nSPS) is 17.6. The highest BCUT2D eigenvalue weighted by molar-refractivity contribution is 5.86. The second-order valence-electron chi connectivity index (χ2n) is 6.23. The summed E-state index contributed by atoms with van der Waals surface area (Å²) in [5, 5.41) is 11.4. The average molecular weight is 310 g/mol. The number of rotatable bonds is 4. The van der Waals surface area contributed by atoms with Crippen molar-refractivity contribution in [3.63, 3.8) is 0 Å². The van der Waals surface area contributed by atoms with Gasteiger partial charge in [-0.1, -0.05) is 29.8 Å². The Morgan fingerprint density at radius 1 is 1.17 bits per heavy atom. The van der Waals surface area contributed by atoms with Gasteiger partial charge in [-0.25, -0.2) is 0 Å². The molecule has 0 bridgehead atoms. The smallest absolute Gasteiger partial charge is 0.245 e. The molecule has 0 saturated carbocycles. The summed E-state index contributed by atoms with van der Waals surface area (Å²) in [6, 6.07) is 10.1. The summed E-state index contributed by atoms with van der Waals surface area (Å²) < 4.78 is 0. The topological polar surface area (TPSA) is 58.1 Å². The van der Waals surface area contributed by atoms with Crippen LogP contribution in [0.15, 0.2) is 30.3 Å². The predicted octanol–water partition coefficient (Wildman–Crippen LogP) is 2.61. The number of carbonyl (C=O) groups is 1. The molecular weight excluding hydrogens is 288 g/mol. The number of nitrogens with one attached hydrogen (secondary N) is 1. The van der Waals surface area contributed by atoms with E-state index in [4.69, 9.17) is 0 Å². The second kappa shape index (κ2) is 6.36. The van der Waals surface area contributed by atoms with Gasteiger partial charge in [-0.2, -0.15) is 5.10 Å². The second-order valence-corrected chi connectivity index (χ2v) is 6.23. The number of hydrogen-bond donors (Lipinski definition) is 1. The fourth-order valence-corrected chi connectivity index (χ4v) is 2.74. The molecule has 0 aliphatic carbocycles. The van der Waals surface area contributed by atoms with Gasteiger partial charge in [-0.15, -0.1) is 5.10 Å². The third-order valence-corrected chi connectivity index (χ3v) is 4.35. The zero-order valence-electron chi connectivity index (χ0n) is 13.8. The average Bonchev–Trinajstić information content (AvgIpc) is 2.86. The van der Waals surface area contributed by atoms with Gasteiger partial charge in [-0.3, -0.25) is 4.79 Å². The first-order valence-corrected chi connectivity index (χ1v) is 7.95. The van der Waals surface area contributed by atoms with Crippen molar-refractivity contribution in [1.29, 1.82) is 0 Å². The molecule has 1 aromatic carbocycles.